The summed E-state index contributed by atoms with van der Waals surface area (Å²) < 4.78 is 5.02. The fourth-order valence-corrected chi connectivity index (χ4v) is 10.3. The van der Waals surface area contributed by atoms with Crippen LogP contribution in [-0.4, -0.2) is 4.57 Å². The number of rotatable bonds is 8. The molecule has 0 bridgehead atoms. The van der Waals surface area contributed by atoms with Gasteiger partial charge in [0, 0.05) is 53.7 Å². The van der Waals surface area contributed by atoms with Gasteiger partial charge in [-0.1, -0.05) is 158 Å². The molecule has 0 aliphatic carbocycles. The molecule has 0 fully saturated rings. The normalized spacial score (nSPS) is 11.5. The van der Waals surface area contributed by atoms with Gasteiger partial charge in [0.2, 0.25) is 0 Å². The van der Waals surface area contributed by atoms with Gasteiger partial charge < -0.3 is 9.47 Å². The van der Waals surface area contributed by atoms with E-state index in [1.54, 1.807) is 0 Å². The van der Waals surface area contributed by atoms with Crippen LogP contribution in [0.4, 0.5) is 17.1 Å². The van der Waals surface area contributed by atoms with Gasteiger partial charge in [-0.05, 0) is 129 Å². The second-order valence-electron chi connectivity index (χ2n) is 16.1. The molecule has 10 aromatic carbocycles. The van der Waals surface area contributed by atoms with Crippen LogP contribution < -0.4 is 4.90 Å². The quantitative estimate of drug-likeness (QED) is 0.148. The minimum absolute atomic E-state index is 1.10. The number of thiophene rings is 1. The maximum absolute atomic E-state index is 2.37. The Morgan fingerprint density at radius 2 is 0.667 bits per heavy atom. The summed E-state index contributed by atoms with van der Waals surface area (Å²) in [5, 5.41) is 5.14. The summed E-state index contributed by atoms with van der Waals surface area (Å²) in [7, 11) is 0. The summed E-state index contributed by atoms with van der Waals surface area (Å²) in [6.45, 7) is 0. The molecule has 0 atom stereocenters. The Morgan fingerprint density at radius 3 is 1.27 bits per heavy atom. The van der Waals surface area contributed by atoms with E-state index in [-0.39, 0.29) is 0 Å². The van der Waals surface area contributed by atoms with Gasteiger partial charge in [-0.15, -0.1) is 11.3 Å². The molecule has 0 spiro atoms. The first-order valence-electron chi connectivity index (χ1n) is 21.5. The number of anilines is 3. The van der Waals surface area contributed by atoms with E-state index in [0.717, 1.165) is 17.1 Å². The van der Waals surface area contributed by atoms with Crippen molar-refractivity contribution in [2.24, 2.45) is 0 Å². The van der Waals surface area contributed by atoms with Gasteiger partial charge in [0.25, 0.3) is 0 Å². The third kappa shape index (κ3) is 6.67. The molecule has 12 aromatic rings. The third-order valence-electron chi connectivity index (χ3n) is 12.4. The standard InChI is InChI=1S/C60H40N2S/c1-3-11-41(12-4-1)42-19-21-43(22-20-42)44-23-31-50(32-24-44)61(52-35-27-46(28-36-52)48-30-38-60-56(40-48)54-16-8-10-18-59(54)63-60)51-33-25-45(26-34-51)47-29-37-58-55(39-47)53-15-7-9-17-57(53)62(58)49-13-5-2-6-14-49/h1-40H. The molecule has 0 amide bonds. The molecule has 0 aliphatic heterocycles. The topological polar surface area (TPSA) is 8.17 Å². The van der Waals surface area contributed by atoms with E-state index in [2.05, 4.69) is 252 Å². The largest absolute Gasteiger partial charge is 0.311 e. The van der Waals surface area contributed by atoms with Crippen LogP contribution in [0.25, 0.3) is 92.2 Å². The van der Waals surface area contributed by atoms with Crippen molar-refractivity contribution in [3.8, 4) is 50.2 Å². The van der Waals surface area contributed by atoms with Crippen molar-refractivity contribution in [2.75, 3.05) is 4.90 Å². The van der Waals surface area contributed by atoms with Crippen LogP contribution in [0, 0.1) is 0 Å². The average Bonchev–Trinajstić information content (AvgIpc) is 3.90. The molecular weight excluding hydrogens is 781 g/mol. The van der Waals surface area contributed by atoms with Crippen molar-refractivity contribution in [1.82, 2.24) is 4.57 Å². The van der Waals surface area contributed by atoms with Crippen molar-refractivity contribution in [2.45, 2.75) is 0 Å². The van der Waals surface area contributed by atoms with Gasteiger partial charge >= 0.3 is 0 Å². The minimum Gasteiger partial charge on any atom is -0.311 e. The number of para-hydroxylation sites is 2. The second-order valence-corrected chi connectivity index (χ2v) is 17.2. The zero-order valence-electron chi connectivity index (χ0n) is 34.4. The first-order chi connectivity index (χ1) is 31.2. The van der Waals surface area contributed by atoms with E-state index in [0.29, 0.717) is 0 Å². The molecule has 296 valence electrons. The molecule has 0 saturated carbocycles. The first kappa shape index (κ1) is 36.8. The lowest BCUT2D eigenvalue weighted by Gasteiger charge is -2.26. The molecule has 0 saturated heterocycles. The lowest BCUT2D eigenvalue weighted by Crippen LogP contribution is -2.09. The van der Waals surface area contributed by atoms with E-state index in [1.165, 1.54) is 92.2 Å². The van der Waals surface area contributed by atoms with Gasteiger partial charge in [-0.3, -0.25) is 0 Å². The van der Waals surface area contributed by atoms with E-state index in [1.807, 2.05) is 11.3 Å². The fraction of sp³-hybridized carbons (Fsp3) is 0. The molecule has 0 N–H and O–H groups in total. The Hall–Kier alpha value is -7.98. The molecule has 2 nitrogen and oxygen atoms in total. The molecule has 0 unspecified atom stereocenters. The van der Waals surface area contributed by atoms with Crippen molar-refractivity contribution in [3.63, 3.8) is 0 Å². The lowest BCUT2D eigenvalue weighted by atomic mass is 9.99. The zero-order chi connectivity index (χ0) is 41.7. The number of aromatic nitrogens is 1. The molecular formula is C60H40N2S. The van der Waals surface area contributed by atoms with Crippen LogP contribution in [0.1, 0.15) is 0 Å². The summed E-state index contributed by atoms with van der Waals surface area (Å²) in [6, 6.07) is 88.3. The van der Waals surface area contributed by atoms with Gasteiger partial charge in [0.1, 0.15) is 0 Å². The second kappa shape index (κ2) is 15.5. The van der Waals surface area contributed by atoms with Crippen LogP contribution in [-0.2, 0) is 0 Å². The van der Waals surface area contributed by atoms with Gasteiger partial charge in [0.05, 0.1) is 11.0 Å². The Morgan fingerprint density at radius 1 is 0.270 bits per heavy atom. The minimum atomic E-state index is 1.10. The monoisotopic (exact) mass is 820 g/mol. The highest BCUT2D eigenvalue weighted by Gasteiger charge is 2.17. The molecule has 12 rings (SSSR count). The Labute approximate surface area is 370 Å². The Balaban J connectivity index is 0.906. The molecule has 2 aromatic heterocycles. The van der Waals surface area contributed by atoms with Gasteiger partial charge in [-0.25, -0.2) is 0 Å². The van der Waals surface area contributed by atoms with Crippen LogP contribution in [0.2, 0.25) is 0 Å². The molecule has 63 heavy (non-hydrogen) atoms. The first-order valence-corrected chi connectivity index (χ1v) is 22.3. The highest BCUT2D eigenvalue weighted by atomic mass is 32.1. The number of nitrogens with zero attached hydrogens (tertiary/aromatic N) is 2. The summed E-state index contributed by atoms with van der Waals surface area (Å²) in [6.07, 6.45) is 0. The highest BCUT2D eigenvalue weighted by molar-refractivity contribution is 7.25. The number of fused-ring (bicyclic) bond motifs is 6. The summed E-state index contributed by atoms with van der Waals surface area (Å²) in [5.41, 5.74) is 16.5. The van der Waals surface area contributed by atoms with E-state index in [9.17, 15) is 0 Å². The predicted octanol–water partition coefficient (Wildman–Crippen LogP) is 17.3. The number of hydrogen-bond acceptors (Lipinski definition) is 2. The molecule has 2 heterocycles. The van der Waals surface area contributed by atoms with Crippen molar-refractivity contribution >= 4 is 70.4 Å². The van der Waals surface area contributed by atoms with E-state index >= 15 is 0 Å². The predicted molar refractivity (Wildman–Crippen MR) is 270 cm³/mol. The molecule has 0 aliphatic rings. The van der Waals surface area contributed by atoms with Crippen LogP contribution in [0.15, 0.2) is 243 Å². The maximum Gasteiger partial charge on any atom is 0.0541 e. The lowest BCUT2D eigenvalue weighted by molar-refractivity contribution is 1.18. The third-order valence-corrected chi connectivity index (χ3v) is 13.6. The van der Waals surface area contributed by atoms with Gasteiger partial charge in [0.15, 0.2) is 0 Å². The Kier molecular flexibility index (Phi) is 9.06. The smallest absolute Gasteiger partial charge is 0.0541 e. The van der Waals surface area contributed by atoms with Gasteiger partial charge in [-0.2, -0.15) is 0 Å². The highest BCUT2D eigenvalue weighted by Crippen LogP contribution is 2.41. The fourth-order valence-electron chi connectivity index (χ4n) is 9.26. The Bertz CT molecular complexity index is 3570. The van der Waals surface area contributed by atoms with E-state index < -0.39 is 0 Å². The van der Waals surface area contributed by atoms with Crippen molar-refractivity contribution in [3.05, 3.63) is 243 Å². The average molecular weight is 821 g/mol. The van der Waals surface area contributed by atoms with Crippen molar-refractivity contribution in [1.29, 1.82) is 0 Å². The summed E-state index contributed by atoms with van der Waals surface area (Å²) in [4.78, 5) is 2.36. The SMILES string of the molecule is c1ccc(-c2ccc(-c3ccc(N(c4ccc(-c5ccc6sc7ccccc7c6c5)cc4)c4ccc(-c5ccc6c(c5)c5ccccc5n6-c5ccccc5)cc4)cc3)cc2)cc1. The zero-order valence-corrected chi connectivity index (χ0v) is 35.2. The summed E-state index contributed by atoms with van der Waals surface area (Å²) >= 11 is 1.86. The number of benzene rings is 10. The number of hydrogen-bond donors (Lipinski definition) is 0. The van der Waals surface area contributed by atoms with E-state index in [4.69, 9.17) is 0 Å². The summed E-state index contributed by atoms with van der Waals surface area (Å²) in [5.74, 6) is 0. The van der Waals surface area contributed by atoms with Crippen molar-refractivity contribution < 1.29 is 0 Å². The van der Waals surface area contributed by atoms with Crippen LogP contribution in [0.3, 0.4) is 0 Å². The molecule has 0 radical (unpaired) electrons. The van der Waals surface area contributed by atoms with Crippen LogP contribution in [0.5, 0.6) is 0 Å². The maximum atomic E-state index is 2.37. The molecule has 3 heteroatoms. The van der Waals surface area contributed by atoms with Crippen LogP contribution >= 0.6 is 11.3 Å².